The van der Waals surface area contributed by atoms with Gasteiger partial charge >= 0.3 is 7.52 Å². The third-order valence-corrected chi connectivity index (χ3v) is 7.02. The highest BCUT2D eigenvalue weighted by Crippen LogP contribution is 2.53. The monoisotopic (exact) mass is 360 g/mol. The molecule has 0 fully saturated rings. The topological polar surface area (TPSA) is 78.9 Å². The summed E-state index contributed by atoms with van der Waals surface area (Å²) in [7, 11) is -3.46. The molecule has 0 bridgehead atoms. The summed E-state index contributed by atoms with van der Waals surface area (Å²) in [5.41, 5.74) is 3.71. The van der Waals surface area contributed by atoms with Crippen LogP contribution in [-0.2, 0) is 26.8 Å². The molecule has 2 atom stereocenters. The molecule has 1 aliphatic rings. The van der Waals surface area contributed by atoms with E-state index in [2.05, 4.69) is 0 Å². The number of hydroxylamine groups is 1. The van der Waals surface area contributed by atoms with Gasteiger partial charge in [-0.3, -0.25) is 14.6 Å². The van der Waals surface area contributed by atoms with Crippen molar-refractivity contribution in [3.8, 4) is 0 Å². The summed E-state index contributed by atoms with van der Waals surface area (Å²) in [6, 6.07) is 15.8. The van der Waals surface area contributed by atoms with Crippen LogP contribution in [0.25, 0.3) is 0 Å². The van der Waals surface area contributed by atoms with Crippen molar-refractivity contribution in [3.05, 3.63) is 65.7 Å². The zero-order chi connectivity index (χ0) is 17.9. The van der Waals surface area contributed by atoms with Gasteiger partial charge in [0.2, 0.25) is 0 Å². The van der Waals surface area contributed by atoms with Crippen LogP contribution in [0.2, 0.25) is 0 Å². The molecular weight excluding hydrogens is 339 g/mol. The number of carbonyl (C=O) groups excluding carboxylic acids is 1. The number of hydrogen-bond donors (Lipinski definition) is 2. The Labute approximate surface area is 146 Å². The fourth-order valence-corrected chi connectivity index (χ4v) is 5.56. The molecule has 6 nitrogen and oxygen atoms in total. The second kappa shape index (κ2) is 7.50. The van der Waals surface area contributed by atoms with E-state index in [9.17, 15) is 9.36 Å². The highest BCUT2D eigenvalue weighted by molar-refractivity contribution is 7.64. The molecule has 1 amide bonds. The fraction of sp³-hybridized carbons (Fsp3) is 0.278. The van der Waals surface area contributed by atoms with Crippen LogP contribution in [-0.4, -0.2) is 28.4 Å². The van der Waals surface area contributed by atoms with Crippen molar-refractivity contribution in [1.82, 2.24) is 10.2 Å². The van der Waals surface area contributed by atoms with Crippen LogP contribution in [0.1, 0.15) is 18.1 Å². The number of rotatable bonds is 5. The Morgan fingerprint density at radius 3 is 2.48 bits per heavy atom. The summed E-state index contributed by atoms with van der Waals surface area (Å²) in [6.07, 6.45) is 0.354. The van der Waals surface area contributed by atoms with Crippen LogP contribution in [0.4, 0.5) is 0 Å². The lowest BCUT2D eigenvalue weighted by atomic mass is 9.95. The average molecular weight is 360 g/mol. The predicted octanol–water partition coefficient (Wildman–Crippen LogP) is 2.47. The van der Waals surface area contributed by atoms with E-state index >= 15 is 0 Å². The van der Waals surface area contributed by atoms with Crippen molar-refractivity contribution in [2.45, 2.75) is 25.9 Å². The summed E-state index contributed by atoms with van der Waals surface area (Å²) in [6.45, 7) is 2.33. The molecule has 3 rings (SSSR count). The molecule has 0 saturated heterocycles. The first-order valence-corrected chi connectivity index (χ1v) is 9.76. The first-order valence-electron chi connectivity index (χ1n) is 8.18. The predicted molar refractivity (Wildman–Crippen MR) is 94.7 cm³/mol. The van der Waals surface area contributed by atoms with Crippen LogP contribution in [0.15, 0.2) is 54.6 Å². The van der Waals surface area contributed by atoms with Gasteiger partial charge in [0.05, 0.1) is 11.9 Å². The smallest absolute Gasteiger partial charge is 0.303 e. The van der Waals surface area contributed by atoms with Crippen molar-refractivity contribution >= 4 is 18.7 Å². The Kier molecular flexibility index (Phi) is 5.35. The number of amides is 1. The number of benzene rings is 2. The third kappa shape index (κ3) is 3.39. The SMILES string of the molecule is CCOP(=O)(c1ccccc1)N1Cc2ccccc2CC1C(=O)NO. The first-order chi connectivity index (χ1) is 12.1. The number of nitrogens with zero attached hydrogens (tertiary/aromatic N) is 1. The van der Waals surface area contributed by atoms with Gasteiger partial charge in [0.25, 0.3) is 5.91 Å². The molecule has 7 heteroatoms. The van der Waals surface area contributed by atoms with Gasteiger partial charge in [-0.05, 0) is 36.6 Å². The number of nitrogens with one attached hydrogen (secondary N) is 1. The minimum Gasteiger partial charge on any atom is -0.314 e. The maximum atomic E-state index is 13.9. The van der Waals surface area contributed by atoms with E-state index in [1.807, 2.05) is 30.3 Å². The molecule has 0 saturated carbocycles. The maximum Gasteiger partial charge on any atom is 0.303 e. The van der Waals surface area contributed by atoms with Crippen molar-refractivity contribution in [3.63, 3.8) is 0 Å². The first kappa shape index (κ1) is 17.8. The largest absolute Gasteiger partial charge is 0.314 e. The van der Waals surface area contributed by atoms with E-state index in [1.165, 1.54) is 0 Å². The lowest BCUT2D eigenvalue weighted by Gasteiger charge is -2.39. The van der Waals surface area contributed by atoms with E-state index in [4.69, 9.17) is 9.73 Å². The molecule has 2 unspecified atom stereocenters. The Morgan fingerprint density at radius 2 is 1.84 bits per heavy atom. The van der Waals surface area contributed by atoms with Crippen molar-refractivity contribution in [2.75, 3.05) is 6.61 Å². The van der Waals surface area contributed by atoms with Crippen LogP contribution in [0.5, 0.6) is 0 Å². The molecule has 1 heterocycles. The molecule has 0 radical (unpaired) electrons. The molecule has 25 heavy (non-hydrogen) atoms. The molecular formula is C18H21N2O4P. The summed E-state index contributed by atoms with van der Waals surface area (Å²) in [5.74, 6) is -0.592. The lowest BCUT2D eigenvalue weighted by molar-refractivity contribution is -0.133. The van der Waals surface area contributed by atoms with Gasteiger partial charge in [-0.2, -0.15) is 0 Å². The van der Waals surface area contributed by atoms with Gasteiger partial charge in [0.15, 0.2) is 0 Å². The summed E-state index contributed by atoms with van der Waals surface area (Å²) >= 11 is 0. The molecule has 2 aromatic rings. The average Bonchev–Trinajstić information content (AvgIpc) is 2.67. The second-order valence-electron chi connectivity index (χ2n) is 5.84. The van der Waals surface area contributed by atoms with Crippen LogP contribution in [0, 0.1) is 0 Å². The van der Waals surface area contributed by atoms with Crippen LogP contribution in [0.3, 0.4) is 0 Å². The van der Waals surface area contributed by atoms with E-state index in [-0.39, 0.29) is 6.61 Å². The van der Waals surface area contributed by atoms with Crippen LogP contribution >= 0.6 is 7.52 Å². The normalized spacial score (nSPS) is 19.7. The number of carbonyl (C=O) groups is 1. The van der Waals surface area contributed by atoms with Gasteiger partial charge in [-0.15, -0.1) is 0 Å². The minimum atomic E-state index is -3.46. The zero-order valence-corrected chi connectivity index (χ0v) is 14.9. The Hall–Kier alpha value is -1.98. The molecule has 2 aromatic carbocycles. The number of fused-ring (bicyclic) bond motifs is 1. The third-order valence-electron chi connectivity index (χ3n) is 4.36. The van der Waals surface area contributed by atoms with E-state index < -0.39 is 19.5 Å². The van der Waals surface area contributed by atoms with Crippen molar-refractivity contribution < 1.29 is 19.1 Å². The van der Waals surface area contributed by atoms with Crippen molar-refractivity contribution in [1.29, 1.82) is 0 Å². The van der Waals surface area contributed by atoms with Gasteiger partial charge in [-0.25, -0.2) is 10.2 Å². The molecule has 0 aliphatic carbocycles. The Morgan fingerprint density at radius 1 is 1.20 bits per heavy atom. The lowest BCUT2D eigenvalue weighted by Crippen LogP contribution is -2.49. The minimum absolute atomic E-state index is 0.248. The van der Waals surface area contributed by atoms with E-state index in [0.717, 1.165) is 11.1 Å². The maximum absolute atomic E-state index is 13.9. The molecule has 1 aliphatic heterocycles. The van der Waals surface area contributed by atoms with Crippen molar-refractivity contribution in [2.24, 2.45) is 0 Å². The standard InChI is InChI=1S/C18H21N2O4P/c1-2-24-25(23,16-10-4-3-5-11-16)20-13-15-9-7-6-8-14(15)12-17(20)18(21)19-22/h3-11,17,22H,2,12-13H2,1H3,(H,19,21). The molecule has 132 valence electrons. The van der Waals surface area contributed by atoms with E-state index in [0.29, 0.717) is 18.3 Å². The summed E-state index contributed by atoms with van der Waals surface area (Å²) < 4.78 is 21.2. The summed E-state index contributed by atoms with van der Waals surface area (Å²) in [4.78, 5) is 12.3. The Bertz CT molecular complexity index is 797. The molecule has 0 aromatic heterocycles. The molecule has 2 N–H and O–H groups in total. The van der Waals surface area contributed by atoms with Gasteiger partial charge in [0, 0.05) is 6.54 Å². The second-order valence-corrected chi connectivity index (χ2v) is 8.17. The molecule has 0 spiro atoms. The van der Waals surface area contributed by atoms with Gasteiger partial charge < -0.3 is 4.52 Å². The fourth-order valence-electron chi connectivity index (χ4n) is 3.18. The Balaban J connectivity index is 2.09. The van der Waals surface area contributed by atoms with Gasteiger partial charge in [-0.1, -0.05) is 42.5 Å². The van der Waals surface area contributed by atoms with E-state index in [1.54, 1.807) is 41.3 Å². The highest BCUT2D eigenvalue weighted by Gasteiger charge is 2.44. The van der Waals surface area contributed by atoms with Crippen LogP contribution < -0.4 is 10.8 Å². The van der Waals surface area contributed by atoms with Gasteiger partial charge in [0.1, 0.15) is 6.04 Å². The number of hydrogen-bond acceptors (Lipinski definition) is 4. The zero-order valence-electron chi connectivity index (χ0n) is 14.0. The summed E-state index contributed by atoms with van der Waals surface area (Å²) in [5, 5.41) is 9.70. The highest BCUT2D eigenvalue weighted by atomic mass is 31.2. The quantitative estimate of drug-likeness (QED) is 0.487.